The number of imidazole rings is 1. The summed E-state index contributed by atoms with van der Waals surface area (Å²) in [5.41, 5.74) is -0.0941. The molecule has 7 heteroatoms. The topological polar surface area (TPSA) is 46.9 Å². The molecule has 2 rings (SSSR count). The Morgan fingerprint density at radius 3 is 2.80 bits per heavy atom. The van der Waals surface area contributed by atoms with E-state index in [1.165, 1.54) is 0 Å². The number of rotatable bonds is 4. The number of benzene rings is 1. The van der Waals surface area contributed by atoms with E-state index >= 15 is 0 Å². The van der Waals surface area contributed by atoms with Crippen LogP contribution in [0.3, 0.4) is 0 Å². The van der Waals surface area contributed by atoms with Gasteiger partial charge in [-0.3, -0.25) is 4.79 Å². The van der Waals surface area contributed by atoms with Crippen molar-refractivity contribution in [2.75, 3.05) is 6.54 Å². The van der Waals surface area contributed by atoms with Crippen molar-refractivity contribution in [1.29, 1.82) is 0 Å². The normalized spacial score (nSPS) is 12.2. The summed E-state index contributed by atoms with van der Waals surface area (Å²) in [6.07, 6.45) is 5.02. The van der Waals surface area contributed by atoms with E-state index in [1.54, 1.807) is 18.7 Å². The van der Waals surface area contributed by atoms with Gasteiger partial charge < -0.3 is 9.88 Å². The zero-order valence-electron chi connectivity index (χ0n) is 10.6. The first kappa shape index (κ1) is 14.5. The summed E-state index contributed by atoms with van der Waals surface area (Å²) < 4.78 is 27.8. The number of aromatic nitrogens is 2. The van der Waals surface area contributed by atoms with Crippen LogP contribution in [0.1, 0.15) is 23.3 Å². The lowest BCUT2D eigenvalue weighted by molar-refractivity contribution is 0.0948. The number of hydrogen-bond donors (Lipinski definition) is 1. The molecule has 0 unspecified atom stereocenters. The number of nitrogens with zero attached hydrogens (tertiary/aromatic N) is 2. The maximum Gasteiger partial charge on any atom is 0.252 e. The molecule has 106 valence electrons. The highest BCUT2D eigenvalue weighted by molar-refractivity contribution is 6.33. The molecule has 0 fully saturated rings. The molecule has 0 aliphatic heterocycles. The van der Waals surface area contributed by atoms with E-state index in [-0.39, 0.29) is 16.6 Å². The fourth-order valence-corrected chi connectivity index (χ4v) is 1.90. The maximum atomic E-state index is 13.1. The maximum absolute atomic E-state index is 13.1. The van der Waals surface area contributed by atoms with Crippen molar-refractivity contribution in [2.24, 2.45) is 0 Å². The van der Waals surface area contributed by atoms with E-state index in [0.29, 0.717) is 6.54 Å². The van der Waals surface area contributed by atoms with Gasteiger partial charge in [-0.1, -0.05) is 11.6 Å². The second-order valence-corrected chi connectivity index (χ2v) is 4.72. The zero-order valence-corrected chi connectivity index (χ0v) is 11.4. The van der Waals surface area contributed by atoms with Gasteiger partial charge in [-0.25, -0.2) is 13.8 Å². The third-order valence-corrected chi connectivity index (χ3v) is 3.16. The molecule has 0 radical (unpaired) electrons. The highest BCUT2D eigenvalue weighted by atomic mass is 35.5. The summed E-state index contributed by atoms with van der Waals surface area (Å²) >= 11 is 5.73. The van der Waals surface area contributed by atoms with Crippen molar-refractivity contribution in [2.45, 2.75) is 13.0 Å². The first-order chi connectivity index (χ1) is 9.49. The van der Waals surface area contributed by atoms with Gasteiger partial charge in [0.2, 0.25) is 0 Å². The molecule has 0 saturated carbocycles. The van der Waals surface area contributed by atoms with E-state index in [9.17, 15) is 13.6 Å². The molecular formula is C13H12ClF2N3O. The van der Waals surface area contributed by atoms with Gasteiger partial charge in [-0.05, 0) is 19.1 Å². The second-order valence-electron chi connectivity index (χ2n) is 4.32. The van der Waals surface area contributed by atoms with Crippen molar-refractivity contribution < 1.29 is 13.6 Å². The van der Waals surface area contributed by atoms with Crippen LogP contribution in [0.15, 0.2) is 30.9 Å². The van der Waals surface area contributed by atoms with E-state index in [4.69, 9.17) is 11.6 Å². The molecule has 4 nitrogen and oxygen atoms in total. The van der Waals surface area contributed by atoms with Crippen molar-refractivity contribution in [3.05, 3.63) is 53.1 Å². The Balaban J connectivity index is 2.04. The number of hydrogen-bond acceptors (Lipinski definition) is 2. The third kappa shape index (κ3) is 3.14. The minimum Gasteiger partial charge on any atom is -0.350 e. The summed E-state index contributed by atoms with van der Waals surface area (Å²) in [7, 11) is 0. The average molecular weight is 300 g/mol. The van der Waals surface area contributed by atoms with Crippen LogP contribution in [0, 0.1) is 11.6 Å². The molecule has 0 bridgehead atoms. The summed E-state index contributed by atoms with van der Waals surface area (Å²) in [6.45, 7) is 2.19. The molecule has 0 aliphatic carbocycles. The van der Waals surface area contributed by atoms with Crippen LogP contribution in [0.25, 0.3) is 0 Å². The monoisotopic (exact) mass is 299 g/mol. The van der Waals surface area contributed by atoms with Crippen molar-refractivity contribution in [3.8, 4) is 0 Å². The molecule has 1 aromatic carbocycles. The van der Waals surface area contributed by atoms with Gasteiger partial charge in [0, 0.05) is 25.0 Å². The molecule has 1 aromatic heterocycles. The zero-order chi connectivity index (χ0) is 14.7. The number of carbonyl (C=O) groups is 1. The lowest BCUT2D eigenvalue weighted by Crippen LogP contribution is -2.29. The highest BCUT2D eigenvalue weighted by Crippen LogP contribution is 2.20. The second kappa shape index (κ2) is 6.00. The number of carbonyl (C=O) groups excluding carboxylic acids is 1. The lowest BCUT2D eigenvalue weighted by Gasteiger charge is -2.14. The fourth-order valence-electron chi connectivity index (χ4n) is 1.67. The Bertz CT molecular complexity index is 616. The predicted octanol–water partition coefficient (Wildman–Crippen LogP) is 2.81. The van der Waals surface area contributed by atoms with Crippen LogP contribution in [0.5, 0.6) is 0 Å². The molecule has 0 aliphatic rings. The third-order valence-electron chi connectivity index (χ3n) is 2.85. The summed E-state index contributed by atoms with van der Waals surface area (Å²) in [4.78, 5) is 15.8. The van der Waals surface area contributed by atoms with Gasteiger partial charge >= 0.3 is 0 Å². The fraction of sp³-hybridized carbons (Fsp3) is 0.231. The van der Waals surface area contributed by atoms with Crippen LogP contribution in [-0.4, -0.2) is 22.0 Å². The Morgan fingerprint density at radius 2 is 2.15 bits per heavy atom. The SMILES string of the molecule is C[C@H](CNC(=O)c1cc(F)c(F)cc1Cl)n1ccnc1. The van der Waals surface area contributed by atoms with Gasteiger partial charge in [0.25, 0.3) is 5.91 Å². The Kier molecular flexibility index (Phi) is 4.34. The minimum absolute atomic E-state index is 0.0227. The van der Waals surface area contributed by atoms with Crippen LogP contribution in [0.2, 0.25) is 5.02 Å². The molecular weight excluding hydrogens is 288 g/mol. The largest absolute Gasteiger partial charge is 0.350 e. The van der Waals surface area contributed by atoms with E-state index in [0.717, 1.165) is 12.1 Å². The van der Waals surface area contributed by atoms with Crippen molar-refractivity contribution in [1.82, 2.24) is 14.9 Å². The van der Waals surface area contributed by atoms with E-state index in [1.807, 2.05) is 11.5 Å². The van der Waals surface area contributed by atoms with Gasteiger partial charge in [-0.15, -0.1) is 0 Å². The molecule has 20 heavy (non-hydrogen) atoms. The summed E-state index contributed by atoms with van der Waals surface area (Å²) in [5, 5.41) is 2.49. The summed E-state index contributed by atoms with van der Waals surface area (Å²) in [5.74, 6) is -2.75. The van der Waals surface area contributed by atoms with Crippen LogP contribution in [-0.2, 0) is 0 Å². The first-order valence-electron chi connectivity index (χ1n) is 5.89. The van der Waals surface area contributed by atoms with Gasteiger partial charge in [0.05, 0.1) is 16.9 Å². The Hall–Kier alpha value is -1.95. The Morgan fingerprint density at radius 1 is 1.45 bits per heavy atom. The lowest BCUT2D eigenvalue weighted by atomic mass is 10.2. The van der Waals surface area contributed by atoms with Crippen LogP contribution >= 0.6 is 11.6 Å². The first-order valence-corrected chi connectivity index (χ1v) is 6.27. The number of halogens is 3. The molecule has 0 saturated heterocycles. The van der Waals surface area contributed by atoms with Gasteiger partial charge in [0.1, 0.15) is 0 Å². The van der Waals surface area contributed by atoms with Gasteiger partial charge in [0.15, 0.2) is 11.6 Å². The summed E-state index contributed by atoms with van der Waals surface area (Å²) in [6, 6.07) is 1.55. The van der Waals surface area contributed by atoms with Crippen LogP contribution < -0.4 is 5.32 Å². The molecule has 0 spiro atoms. The number of nitrogens with one attached hydrogen (secondary N) is 1. The standard InChI is InChI=1S/C13H12ClF2N3O/c1-8(19-3-2-17-7-19)6-18-13(20)9-4-11(15)12(16)5-10(9)14/h2-5,7-8H,6H2,1H3,(H,18,20)/t8-/m1/s1. The van der Waals surface area contributed by atoms with E-state index in [2.05, 4.69) is 10.3 Å². The quantitative estimate of drug-likeness (QED) is 0.883. The molecule has 1 heterocycles. The predicted molar refractivity (Wildman–Crippen MR) is 70.6 cm³/mol. The molecule has 1 amide bonds. The minimum atomic E-state index is -1.11. The molecule has 2 aromatic rings. The highest BCUT2D eigenvalue weighted by Gasteiger charge is 2.15. The molecule has 1 atom stereocenters. The smallest absolute Gasteiger partial charge is 0.252 e. The average Bonchev–Trinajstić information content (AvgIpc) is 2.94. The Labute approximate surface area is 119 Å². The van der Waals surface area contributed by atoms with Crippen molar-refractivity contribution >= 4 is 17.5 Å². The van der Waals surface area contributed by atoms with Crippen LogP contribution in [0.4, 0.5) is 8.78 Å². The van der Waals surface area contributed by atoms with E-state index < -0.39 is 17.5 Å². The molecule has 1 N–H and O–H groups in total. The van der Waals surface area contributed by atoms with Crippen molar-refractivity contribution in [3.63, 3.8) is 0 Å². The number of amides is 1. The van der Waals surface area contributed by atoms with Gasteiger partial charge in [-0.2, -0.15) is 0 Å².